The maximum atomic E-state index is 12.4. The Hall–Kier alpha value is -3.30. The molecule has 162 valence electrons. The van der Waals surface area contributed by atoms with Crippen LogP contribution in [0.1, 0.15) is 23.6 Å². The molecule has 0 atom stereocenters. The number of carbonyl (C=O) groups is 1. The van der Waals surface area contributed by atoms with E-state index in [1.165, 1.54) is 12.7 Å². The van der Waals surface area contributed by atoms with Crippen LogP contribution < -0.4 is 13.6 Å². The molecule has 0 spiro atoms. The van der Waals surface area contributed by atoms with Crippen molar-refractivity contribution in [1.29, 1.82) is 0 Å². The van der Waals surface area contributed by atoms with Crippen LogP contribution in [0.3, 0.4) is 0 Å². The van der Waals surface area contributed by atoms with Gasteiger partial charge in [-0.1, -0.05) is 0 Å². The first-order valence-electron chi connectivity index (χ1n) is 9.90. The SMILES string of the molecule is C=CP(OC(C)=O)(Oc1ccccc1C)(Oc1ccccc1C)Oc1ccccc1C. The van der Waals surface area contributed by atoms with E-state index in [1.807, 2.05) is 75.4 Å². The molecule has 31 heavy (non-hydrogen) atoms. The summed E-state index contributed by atoms with van der Waals surface area (Å²) >= 11 is 0. The molecule has 0 fully saturated rings. The van der Waals surface area contributed by atoms with Crippen LogP contribution in [0.4, 0.5) is 0 Å². The zero-order valence-corrected chi connectivity index (χ0v) is 19.1. The molecule has 0 heterocycles. The summed E-state index contributed by atoms with van der Waals surface area (Å²) in [6, 6.07) is 22.1. The quantitative estimate of drug-likeness (QED) is 0.352. The van der Waals surface area contributed by atoms with Crippen LogP contribution in [0.15, 0.2) is 85.2 Å². The molecule has 0 aliphatic rings. The molecular formula is C25H27O5P. The van der Waals surface area contributed by atoms with Gasteiger partial charge in [0.25, 0.3) is 0 Å². The van der Waals surface area contributed by atoms with Gasteiger partial charge in [0, 0.05) is 0 Å². The van der Waals surface area contributed by atoms with E-state index in [0.717, 1.165) is 16.7 Å². The van der Waals surface area contributed by atoms with Crippen molar-refractivity contribution in [3.05, 3.63) is 102 Å². The molecule has 0 aromatic heterocycles. The summed E-state index contributed by atoms with van der Waals surface area (Å²) in [6.07, 6.45) is 0. The van der Waals surface area contributed by atoms with Crippen LogP contribution in [0.25, 0.3) is 0 Å². The fourth-order valence-electron chi connectivity index (χ4n) is 3.00. The van der Waals surface area contributed by atoms with Crippen molar-refractivity contribution in [2.45, 2.75) is 27.7 Å². The summed E-state index contributed by atoms with van der Waals surface area (Å²) in [4.78, 5) is 12.4. The van der Waals surface area contributed by atoms with Crippen molar-refractivity contribution in [3.63, 3.8) is 0 Å². The summed E-state index contributed by atoms with van der Waals surface area (Å²) in [5.41, 5.74) is 2.48. The Bertz CT molecular complexity index is 990. The molecule has 3 aromatic rings. The molecule has 0 saturated heterocycles. The number of carbonyl (C=O) groups excluding carboxylic acids is 1. The molecule has 0 bridgehead atoms. The van der Waals surface area contributed by atoms with E-state index < -0.39 is 13.5 Å². The van der Waals surface area contributed by atoms with Gasteiger partial charge in [-0.15, -0.1) is 0 Å². The zero-order chi connectivity index (χ0) is 22.5. The van der Waals surface area contributed by atoms with Crippen LogP contribution in [-0.2, 0) is 9.32 Å². The van der Waals surface area contributed by atoms with Gasteiger partial charge in [-0.3, -0.25) is 0 Å². The van der Waals surface area contributed by atoms with Crippen molar-refractivity contribution in [1.82, 2.24) is 0 Å². The third-order valence-corrected chi connectivity index (χ3v) is 7.42. The fourth-order valence-corrected chi connectivity index (χ4v) is 5.66. The van der Waals surface area contributed by atoms with E-state index in [-0.39, 0.29) is 0 Å². The second kappa shape index (κ2) is 8.83. The molecule has 0 saturated carbocycles. The summed E-state index contributed by atoms with van der Waals surface area (Å²) in [7, 11) is -4.79. The van der Waals surface area contributed by atoms with Gasteiger partial charge in [-0.25, -0.2) is 0 Å². The molecule has 0 aliphatic carbocycles. The summed E-state index contributed by atoms with van der Waals surface area (Å²) in [5.74, 6) is 2.11. The van der Waals surface area contributed by atoms with Crippen molar-refractivity contribution in [2.75, 3.05) is 0 Å². The van der Waals surface area contributed by atoms with Gasteiger partial charge in [0.2, 0.25) is 0 Å². The summed E-state index contributed by atoms with van der Waals surface area (Å²) in [6.45, 7) is 10.9. The van der Waals surface area contributed by atoms with Crippen LogP contribution in [0.5, 0.6) is 17.2 Å². The molecule has 5 nitrogen and oxygen atoms in total. The molecule has 0 N–H and O–H groups in total. The molecule has 0 unspecified atom stereocenters. The number of rotatable bonds is 8. The third-order valence-electron chi connectivity index (χ3n) is 4.66. The third kappa shape index (κ3) is 4.89. The van der Waals surface area contributed by atoms with Crippen LogP contribution in [-0.4, -0.2) is 5.97 Å². The van der Waals surface area contributed by atoms with Crippen molar-refractivity contribution in [2.24, 2.45) is 0 Å². The molecular weight excluding hydrogens is 411 g/mol. The Balaban J connectivity index is 2.26. The normalized spacial score (nSPS) is 12.2. The van der Waals surface area contributed by atoms with E-state index >= 15 is 0 Å². The molecule has 0 amide bonds. The molecule has 3 aromatic carbocycles. The van der Waals surface area contributed by atoms with Gasteiger partial charge >= 0.3 is 183 Å². The van der Waals surface area contributed by atoms with E-state index in [0.29, 0.717) is 17.2 Å². The molecule has 3 rings (SSSR count). The maximum absolute atomic E-state index is 12.4. The predicted molar refractivity (Wildman–Crippen MR) is 124 cm³/mol. The second-order valence-electron chi connectivity index (χ2n) is 7.20. The van der Waals surface area contributed by atoms with Gasteiger partial charge in [-0.05, 0) is 0 Å². The van der Waals surface area contributed by atoms with E-state index in [9.17, 15) is 4.79 Å². The van der Waals surface area contributed by atoms with Crippen molar-refractivity contribution in [3.8, 4) is 17.2 Å². The van der Waals surface area contributed by atoms with Crippen molar-refractivity contribution < 1.29 is 22.9 Å². The average molecular weight is 438 g/mol. The van der Waals surface area contributed by atoms with Gasteiger partial charge in [-0.2, -0.15) is 0 Å². The van der Waals surface area contributed by atoms with Gasteiger partial charge in [0.1, 0.15) is 0 Å². The van der Waals surface area contributed by atoms with E-state index in [2.05, 4.69) is 6.58 Å². The van der Waals surface area contributed by atoms with E-state index in [1.54, 1.807) is 18.2 Å². The van der Waals surface area contributed by atoms with Gasteiger partial charge < -0.3 is 0 Å². The Morgan fingerprint density at radius 2 is 1.03 bits per heavy atom. The number of hydrogen-bond donors (Lipinski definition) is 0. The molecule has 0 aliphatic heterocycles. The Kier molecular flexibility index (Phi) is 6.37. The first kappa shape index (κ1) is 22.4. The Morgan fingerprint density at radius 3 is 1.29 bits per heavy atom. The summed E-state index contributed by atoms with van der Waals surface area (Å²) < 4.78 is 25.1. The summed E-state index contributed by atoms with van der Waals surface area (Å²) in [5, 5.41) is 0. The number of benzene rings is 3. The average Bonchev–Trinajstić information content (AvgIpc) is 2.73. The minimum atomic E-state index is -4.79. The number of aryl methyl sites for hydroxylation is 3. The topological polar surface area (TPSA) is 54.0 Å². The second-order valence-corrected chi connectivity index (χ2v) is 10.0. The Labute approximate surface area is 183 Å². The first-order chi connectivity index (χ1) is 14.8. The van der Waals surface area contributed by atoms with Crippen LogP contribution >= 0.6 is 7.51 Å². The van der Waals surface area contributed by atoms with E-state index in [4.69, 9.17) is 18.1 Å². The first-order valence-corrected chi connectivity index (χ1v) is 11.9. The van der Waals surface area contributed by atoms with Crippen LogP contribution in [0, 0.1) is 20.8 Å². The number of hydrogen-bond acceptors (Lipinski definition) is 5. The van der Waals surface area contributed by atoms with Crippen molar-refractivity contribution >= 4 is 13.5 Å². The molecule has 0 radical (unpaired) electrons. The minimum absolute atomic E-state index is 0.462. The Morgan fingerprint density at radius 1 is 0.710 bits per heavy atom. The zero-order valence-electron chi connectivity index (χ0n) is 18.2. The number of para-hydroxylation sites is 3. The van der Waals surface area contributed by atoms with Gasteiger partial charge in [0.15, 0.2) is 0 Å². The predicted octanol–water partition coefficient (Wildman–Crippen LogP) is 7.07. The van der Waals surface area contributed by atoms with Gasteiger partial charge in [0.05, 0.1) is 0 Å². The fraction of sp³-hybridized carbons (Fsp3) is 0.160. The van der Waals surface area contributed by atoms with Crippen LogP contribution in [0.2, 0.25) is 0 Å². The standard InChI is InChI=1S/C25H27O5P/c1-6-31(27-22(5)26,28-23-16-10-7-13-19(23)2,29-24-17-11-8-14-20(24)3)30-25-18-12-9-15-21(25)4/h6-18H,1H2,2-5H3. The monoisotopic (exact) mass is 438 g/mol. The molecule has 6 heteroatoms.